The van der Waals surface area contributed by atoms with Gasteiger partial charge in [-0.05, 0) is 16.8 Å². The molecule has 1 unspecified atom stereocenters. The van der Waals surface area contributed by atoms with Crippen molar-refractivity contribution in [3.8, 4) is 0 Å². The third-order valence-corrected chi connectivity index (χ3v) is 6.03. The van der Waals surface area contributed by atoms with Gasteiger partial charge >= 0.3 is 0 Å². The predicted octanol–water partition coefficient (Wildman–Crippen LogP) is -0.429. The summed E-state index contributed by atoms with van der Waals surface area (Å²) in [5, 5.41) is 12.0. The van der Waals surface area contributed by atoms with Crippen LogP contribution in [0.5, 0.6) is 0 Å². The van der Waals surface area contributed by atoms with Crippen molar-refractivity contribution in [2.45, 2.75) is 29.7 Å². The smallest absolute Gasteiger partial charge is 0.209 e. The number of hydrogen-bond acceptors (Lipinski definition) is 8. The Morgan fingerprint density at radius 3 is 2.79 bits per heavy atom. The first kappa shape index (κ1) is 14.7. The van der Waals surface area contributed by atoms with Crippen LogP contribution < -0.4 is 0 Å². The zero-order chi connectivity index (χ0) is 13.9. The van der Waals surface area contributed by atoms with Crippen LogP contribution in [0.25, 0.3) is 0 Å². The molecular formula is C9H16N4O4S2. The molecule has 8 nitrogen and oxygen atoms in total. The van der Waals surface area contributed by atoms with Crippen molar-refractivity contribution in [2.75, 3.05) is 25.7 Å². The maximum absolute atomic E-state index is 11.4. The van der Waals surface area contributed by atoms with Crippen LogP contribution in [0.4, 0.5) is 0 Å². The highest BCUT2D eigenvalue weighted by Crippen LogP contribution is 2.29. The minimum absolute atomic E-state index is 0.0123. The van der Waals surface area contributed by atoms with Gasteiger partial charge in [0.05, 0.1) is 18.1 Å². The Morgan fingerprint density at radius 2 is 2.21 bits per heavy atom. The Labute approximate surface area is 115 Å². The first-order valence-corrected chi connectivity index (χ1v) is 8.43. The lowest BCUT2D eigenvalue weighted by Gasteiger charge is -2.14. The number of aromatic nitrogens is 4. The van der Waals surface area contributed by atoms with Crippen molar-refractivity contribution >= 4 is 21.6 Å². The molecule has 0 N–H and O–H groups in total. The highest BCUT2D eigenvalue weighted by molar-refractivity contribution is 8.01. The lowest BCUT2D eigenvalue weighted by atomic mass is 10.4. The van der Waals surface area contributed by atoms with Crippen LogP contribution in [0, 0.1) is 0 Å². The highest BCUT2D eigenvalue weighted by Gasteiger charge is 2.30. The minimum Gasteiger partial charge on any atom is -0.354 e. The van der Waals surface area contributed by atoms with E-state index in [4.69, 9.17) is 9.47 Å². The van der Waals surface area contributed by atoms with Crippen LogP contribution in [-0.2, 0) is 25.9 Å². The first-order chi connectivity index (χ1) is 9.04. The maximum atomic E-state index is 11.4. The number of ether oxygens (including phenoxy) is 2. The van der Waals surface area contributed by atoms with Crippen LogP contribution in [0.2, 0.25) is 0 Å². The normalized spacial score (nSPS) is 22.2. The molecule has 108 valence electrons. The van der Waals surface area contributed by atoms with Gasteiger partial charge in [-0.2, -0.15) is 0 Å². The third kappa shape index (κ3) is 3.88. The van der Waals surface area contributed by atoms with Crippen LogP contribution >= 0.6 is 11.8 Å². The fourth-order valence-corrected chi connectivity index (χ4v) is 5.22. The Kier molecular flexibility index (Phi) is 4.76. The highest BCUT2D eigenvalue weighted by atomic mass is 32.2. The number of sulfone groups is 1. The van der Waals surface area contributed by atoms with Gasteiger partial charge in [-0.3, -0.25) is 0 Å². The quantitative estimate of drug-likeness (QED) is 0.653. The molecule has 19 heavy (non-hydrogen) atoms. The van der Waals surface area contributed by atoms with Crippen molar-refractivity contribution in [3.05, 3.63) is 0 Å². The molecule has 2 heterocycles. The zero-order valence-electron chi connectivity index (χ0n) is 10.7. The fraction of sp³-hybridized carbons (Fsp3) is 0.889. The molecule has 1 aromatic rings. The summed E-state index contributed by atoms with van der Waals surface area (Å²) in [5.74, 6) is 0.424. The largest absolute Gasteiger partial charge is 0.354 e. The lowest BCUT2D eigenvalue weighted by molar-refractivity contribution is -0.113. The summed E-state index contributed by atoms with van der Waals surface area (Å²) in [7, 11) is 0.181. The van der Waals surface area contributed by atoms with Crippen LogP contribution in [0.1, 0.15) is 6.42 Å². The molecule has 0 aliphatic carbocycles. The van der Waals surface area contributed by atoms with Gasteiger partial charge in [0.2, 0.25) is 5.16 Å². The van der Waals surface area contributed by atoms with E-state index in [-0.39, 0.29) is 16.8 Å². The number of nitrogens with zero attached hydrogens (tertiary/aromatic N) is 4. The van der Waals surface area contributed by atoms with Gasteiger partial charge in [0.15, 0.2) is 16.1 Å². The molecule has 0 spiro atoms. The van der Waals surface area contributed by atoms with Gasteiger partial charge in [0, 0.05) is 19.5 Å². The Hall–Kier alpha value is -0.710. The summed E-state index contributed by atoms with van der Waals surface area (Å²) in [6.07, 6.45) is 0.202. The van der Waals surface area contributed by atoms with Gasteiger partial charge in [-0.15, -0.1) is 5.10 Å². The van der Waals surface area contributed by atoms with E-state index in [1.54, 1.807) is 4.68 Å². The molecule has 1 aliphatic rings. The van der Waals surface area contributed by atoms with E-state index in [9.17, 15) is 8.42 Å². The van der Waals surface area contributed by atoms with Crippen LogP contribution in [0.3, 0.4) is 0 Å². The molecule has 1 fully saturated rings. The topological polar surface area (TPSA) is 96.2 Å². The molecule has 1 aliphatic heterocycles. The number of hydrogen-bond donors (Lipinski definition) is 0. The summed E-state index contributed by atoms with van der Waals surface area (Å²) < 4.78 is 34.6. The SMILES string of the molecule is COC(Cn1nnnc1SC1CCS(=O)(=O)C1)OC. The second kappa shape index (κ2) is 6.16. The average molecular weight is 308 g/mol. The summed E-state index contributed by atoms with van der Waals surface area (Å²) in [6.45, 7) is 0.363. The van der Waals surface area contributed by atoms with E-state index < -0.39 is 16.1 Å². The summed E-state index contributed by atoms with van der Waals surface area (Å²) in [5.41, 5.74) is 0. The van der Waals surface area contributed by atoms with Gasteiger partial charge < -0.3 is 9.47 Å². The van der Waals surface area contributed by atoms with Crippen molar-refractivity contribution in [1.82, 2.24) is 20.2 Å². The van der Waals surface area contributed by atoms with E-state index in [0.717, 1.165) is 0 Å². The zero-order valence-corrected chi connectivity index (χ0v) is 12.4. The summed E-state index contributed by atoms with van der Waals surface area (Å²) >= 11 is 1.39. The number of thioether (sulfide) groups is 1. The molecular weight excluding hydrogens is 292 g/mol. The minimum atomic E-state index is -2.89. The predicted molar refractivity (Wildman–Crippen MR) is 68.5 cm³/mol. The standard InChI is InChI=1S/C9H16N4O4S2/c1-16-8(17-2)5-13-9(10-11-12-13)18-7-3-4-19(14,15)6-7/h7-8H,3-6H2,1-2H3. The van der Waals surface area contributed by atoms with E-state index in [2.05, 4.69) is 15.5 Å². The lowest BCUT2D eigenvalue weighted by Crippen LogP contribution is -2.22. The number of methoxy groups -OCH3 is 2. The number of rotatable bonds is 6. The molecule has 1 atom stereocenters. The number of tetrazole rings is 1. The molecule has 0 radical (unpaired) electrons. The molecule has 0 bridgehead atoms. The maximum Gasteiger partial charge on any atom is 0.209 e. The van der Waals surface area contributed by atoms with Gasteiger partial charge in [-0.25, -0.2) is 13.1 Å². The first-order valence-electron chi connectivity index (χ1n) is 5.73. The van der Waals surface area contributed by atoms with Crippen molar-refractivity contribution < 1.29 is 17.9 Å². The Morgan fingerprint density at radius 1 is 1.47 bits per heavy atom. The van der Waals surface area contributed by atoms with Crippen molar-refractivity contribution in [1.29, 1.82) is 0 Å². The Balaban J connectivity index is 2.00. The monoisotopic (exact) mass is 308 g/mol. The molecule has 0 saturated carbocycles. The van der Waals surface area contributed by atoms with Gasteiger partial charge in [0.25, 0.3) is 0 Å². The molecule has 10 heteroatoms. The van der Waals surface area contributed by atoms with Crippen LogP contribution in [-0.4, -0.2) is 65.9 Å². The second-order valence-corrected chi connectivity index (χ2v) is 7.68. The fourth-order valence-electron chi connectivity index (χ4n) is 1.78. The molecule has 1 aromatic heterocycles. The summed E-state index contributed by atoms with van der Waals surface area (Å²) in [6, 6.07) is 0. The van der Waals surface area contributed by atoms with E-state index in [1.807, 2.05) is 0 Å². The summed E-state index contributed by atoms with van der Waals surface area (Å²) in [4.78, 5) is 0. The van der Waals surface area contributed by atoms with E-state index >= 15 is 0 Å². The van der Waals surface area contributed by atoms with Crippen molar-refractivity contribution in [3.63, 3.8) is 0 Å². The van der Waals surface area contributed by atoms with Crippen LogP contribution in [0.15, 0.2) is 5.16 Å². The molecule has 0 aromatic carbocycles. The third-order valence-electron chi connectivity index (χ3n) is 2.81. The average Bonchev–Trinajstić information content (AvgIpc) is 2.93. The molecule has 2 rings (SSSR count). The van der Waals surface area contributed by atoms with E-state index in [0.29, 0.717) is 18.1 Å². The molecule has 1 saturated heterocycles. The van der Waals surface area contributed by atoms with Gasteiger partial charge in [0.1, 0.15) is 0 Å². The second-order valence-electron chi connectivity index (χ2n) is 4.19. The molecule has 0 amide bonds. The van der Waals surface area contributed by atoms with Gasteiger partial charge in [-0.1, -0.05) is 11.8 Å². The van der Waals surface area contributed by atoms with Crippen molar-refractivity contribution in [2.24, 2.45) is 0 Å². The van der Waals surface area contributed by atoms with E-state index in [1.165, 1.54) is 26.0 Å². The Bertz CT molecular complexity index is 514.